The van der Waals surface area contributed by atoms with Gasteiger partial charge in [-0.2, -0.15) is 27.8 Å². The van der Waals surface area contributed by atoms with Crippen LogP contribution < -0.4 is 20.9 Å². The van der Waals surface area contributed by atoms with Gasteiger partial charge in [0.25, 0.3) is 21.5 Å². The fourth-order valence-electron chi connectivity index (χ4n) is 7.71. The fourth-order valence-corrected chi connectivity index (χ4v) is 10.5. The number of ether oxygens (including phenoxy) is 1. The third-order valence-corrected chi connectivity index (χ3v) is 14.1. The van der Waals surface area contributed by atoms with Crippen molar-refractivity contribution in [3.63, 3.8) is 0 Å². The van der Waals surface area contributed by atoms with Gasteiger partial charge in [-0.15, -0.1) is 6.58 Å². The Hall–Kier alpha value is -4.91. The Bertz CT molecular complexity index is 2380. The average molecular weight is 868 g/mol. The van der Waals surface area contributed by atoms with Gasteiger partial charge in [-0.25, -0.2) is 22.6 Å². The van der Waals surface area contributed by atoms with Crippen LogP contribution in [0.25, 0.3) is 22.3 Å². The zero-order valence-corrected chi connectivity index (χ0v) is 34.8. The number of likely N-dealkylation sites (tertiary alicyclic amines) is 1. The summed E-state index contributed by atoms with van der Waals surface area (Å²) >= 11 is 9.02. The normalized spacial score (nSPS) is 22.3. The topological polar surface area (TPSA) is 199 Å². The molecule has 3 N–H and O–H groups in total. The molecule has 306 valence electrons. The monoisotopic (exact) mass is 867 g/mol. The van der Waals surface area contributed by atoms with Crippen molar-refractivity contribution in [2.24, 2.45) is 11.8 Å². The summed E-state index contributed by atoms with van der Waals surface area (Å²) in [6.45, 7) is 7.11. The molecule has 4 aromatic rings. The van der Waals surface area contributed by atoms with Gasteiger partial charge in [-0.3, -0.25) is 24.2 Å². The molecule has 0 bridgehead atoms. The van der Waals surface area contributed by atoms with Gasteiger partial charge in [0.2, 0.25) is 11.8 Å². The van der Waals surface area contributed by atoms with Crippen molar-refractivity contribution in [3.05, 3.63) is 86.3 Å². The number of halogens is 1. The number of hydrogen-bond acceptors (Lipinski definition) is 12. The second-order valence-corrected chi connectivity index (χ2v) is 18.6. The summed E-state index contributed by atoms with van der Waals surface area (Å²) in [6.07, 6.45) is 7.55. The van der Waals surface area contributed by atoms with Crippen molar-refractivity contribution in [1.82, 2.24) is 35.0 Å². The minimum absolute atomic E-state index is 0.0205. The number of sulfonamides is 1. The van der Waals surface area contributed by atoms with E-state index in [0.717, 1.165) is 37.4 Å². The van der Waals surface area contributed by atoms with Crippen LogP contribution in [0.1, 0.15) is 58.4 Å². The number of nitrogens with one attached hydrogen (secondary N) is 3. The van der Waals surface area contributed by atoms with Gasteiger partial charge in [0.15, 0.2) is 0 Å². The molecule has 19 heteroatoms. The van der Waals surface area contributed by atoms with E-state index in [0.29, 0.717) is 16.7 Å². The number of hydrogen-bond donors (Lipinski definition) is 3. The number of carbonyl (C=O) groups excluding carboxylic acids is 4. The number of alkyl carbamates (subject to hydrolysis) is 1. The highest BCUT2D eigenvalue weighted by Crippen LogP contribution is 2.45. The Labute approximate surface area is 347 Å². The Morgan fingerprint density at radius 1 is 1.07 bits per heavy atom. The first kappa shape index (κ1) is 41.3. The Morgan fingerprint density at radius 3 is 2.40 bits per heavy atom. The third kappa shape index (κ3) is 8.19. The molecule has 4 amide bonds. The van der Waals surface area contributed by atoms with Crippen LogP contribution in [0.5, 0.6) is 0 Å². The van der Waals surface area contributed by atoms with Crippen molar-refractivity contribution in [2.75, 3.05) is 6.54 Å². The quantitative estimate of drug-likeness (QED) is 0.151. The summed E-state index contributed by atoms with van der Waals surface area (Å²) in [7, 11) is -4.52. The number of nitrogens with zero attached hydrogens (tertiary/aromatic N) is 4. The summed E-state index contributed by atoms with van der Waals surface area (Å²) in [6, 6.07) is 1.78. The zero-order chi connectivity index (χ0) is 41.4. The molecule has 7 rings (SSSR count). The molecule has 2 aliphatic carbocycles. The summed E-state index contributed by atoms with van der Waals surface area (Å²) < 4.78 is 35.4. The van der Waals surface area contributed by atoms with Crippen LogP contribution in [0.2, 0.25) is 5.02 Å². The minimum atomic E-state index is -4.52. The molecule has 1 aliphatic heterocycles. The van der Waals surface area contributed by atoms with Crippen LogP contribution in [0, 0.1) is 11.8 Å². The van der Waals surface area contributed by atoms with E-state index in [1.54, 1.807) is 20.0 Å². The Kier molecular flexibility index (Phi) is 11.9. The molecule has 2 saturated carbocycles. The molecule has 3 fully saturated rings. The lowest BCUT2D eigenvalue weighted by molar-refractivity contribution is -0.141. The summed E-state index contributed by atoms with van der Waals surface area (Å²) in [5.74, 6) is -3.51. The van der Waals surface area contributed by atoms with Gasteiger partial charge in [0.05, 0.1) is 22.8 Å². The summed E-state index contributed by atoms with van der Waals surface area (Å²) in [4.78, 5) is 75.1. The second kappa shape index (κ2) is 16.8. The number of aromatic nitrogens is 3. The highest BCUT2D eigenvalue weighted by Gasteiger charge is 2.61. The molecular formula is C39H42ClN7O8S3. The maximum atomic E-state index is 14.6. The van der Waals surface area contributed by atoms with Crippen LogP contribution in [0.15, 0.2) is 80.7 Å². The van der Waals surface area contributed by atoms with E-state index in [2.05, 4.69) is 27.3 Å². The molecule has 58 heavy (non-hydrogen) atoms. The SMILES string of the molecule is C=C[C@@H]1C[C@]1(NC(=O)[C@@H]1C[C@@H](n2ncc(-c3ccsc3)c(-c3ccsc3)c2=O)CN1C(=O)[C@@H](NC(=O)OC1CCCC1)C(C)C)C(=O)NS(=O)(=O)c1cnccc1Cl. The van der Waals surface area contributed by atoms with Crippen LogP contribution in [0.4, 0.5) is 4.79 Å². The first-order valence-electron chi connectivity index (χ1n) is 18.8. The first-order valence-corrected chi connectivity index (χ1v) is 22.5. The lowest BCUT2D eigenvalue weighted by atomic mass is 10.0. The van der Waals surface area contributed by atoms with Crippen molar-refractivity contribution >= 4 is 68.1 Å². The zero-order valence-electron chi connectivity index (χ0n) is 31.6. The smallest absolute Gasteiger partial charge is 0.408 e. The standard InChI is InChI=1S/C39H42ClN7O8S3/c1-4-25-16-39(25,37(51)45-58(53,54)31-18-41-12-9-29(31)40)44-34(48)30-15-26(19-46(30)36(50)33(22(2)3)43-38(52)55-27-7-5-6-8-27)47-35(49)32(24-11-14-57-21-24)28(17-42-47)23-10-13-56-20-23/h4,9-14,17-18,20-22,25-27,30,33H,1,5-8,15-16,19H2,2-3H3,(H,43,52)(H,44,48)(H,45,51)/t25-,26-,30+,33+,39-/m1/s1. The van der Waals surface area contributed by atoms with Gasteiger partial charge in [0, 0.05) is 36.8 Å². The molecule has 15 nitrogen and oxygen atoms in total. The molecule has 0 unspecified atom stereocenters. The van der Waals surface area contributed by atoms with Crippen LogP contribution in [-0.2, 0) is 29.1 Å². The summed E-state index contributed by atoms with van der Waals surface area (Å²) in [5.41, 5.74) is 0.383. The number of thiophene rings is 2. The van der Waals surface area contributed by atoms with Gasteiger partial charge >= 0.3 is 6.09 Å². The molecule has 0 radical (unpaired) electrons. The van der Waals surface area contributed by atoms with Crippen molar-refractivity contribution in [1.29, 1.82) is 0 Å². The summed E-state index contributed by atoms with van der Waals surface area (Å²) in [5, 5.41) is 17.4. The van der Waals surface area contributed by atoms with Crippen molar-refractivity contribution < 1.29 is 32.3 Å². The average Bonchev–Trinajstić information content (AvgIpc) is 3.87. The minimum Gasteiger partial charge on any atom is -0.446 e. The molecule has 0 aromatic carbocycles. The molecule has 0 spiro atoms. The van der Waals surface area contributed by atoms with Gasteiger partial charge in [0.1, 0.15) is 28.6 Å². The number of pyridine rings is 1. The number of rotatable bonds is 13. The van der Waals surface area contributed by atoms with E-state index in [9.17, 15) is 32.4 Å². The van der Waals surface area contributed by atoms with Gasteiger partial charge < -0.3 is 20.3 Å². The molecule has 1 saturated heterocycles. The van der Waals surface area contributed by atoms with E-state index >= 15 is 0 Å². The van der Waals surface area contributed by atoms with Gasteiger partial charge in [-0.1, -0.05) is 31.5 Å². The molecule has 3 aliphatic rings. The maximum absolute atomic E-state index is 14.6. The van der Waals surface area contributed by atoms with E-state index in [4.69, 9.17) is 16.3 Å². The largest absolute Gasteiger partial charge is 0.446 e. The number of amides is 4. The fraction of sp³-hybridized carbons (Fsp3) is 0.410. The van der Waals surface area contributed by atoms with Crippen molar-refractivity contribution in [3.8, 4) is 22.3 Å². The van der Waals surface area contributed by atoms with Crippen LogP contribution in [-0.4, -0.2) is 82.2 Å². The highest BCUT2D eigenvalue weighted by molar-refractivity contribution is 7.90. The van der Waals surface area contributed by atoms with E-state index in [-0.39, 0.29) is 30.5 Å². The predicted octanol–water partition coefficient (Wildman–Crippen LogP) is 5.15. The lowest BCUT2D eigenvalue weighted by Gasteiger charge is -2.31. The van der Waals surface area contributed by atoms with E-state index in [1.807, 2.05) is 38.4 Å². The maximum Gasteiger partial charge on any atom is 0.408 e. The molecule has 5 atom stereocenters. The lowest BCUT2D eigenvalue weighted by Crippen LogP contribution is -2.59. The van der Waals surface area contributed by atoms with Crippen LogP contribution >= 0.6 is 34.3 Å². The molecule has 4 aromatic heterocycles. The predicted molar refractivity (Wildman–Crippen MR) is 219 cm³/mol. The second-order valence-electron chi connectivity index (χ2n) is 15.0. The first-order chi connectivity index (χ1) is 27.7. The number of carbonyl (C=O) groups is 4. The van der Waals surface area contributed by atoms with Crippen LogP contribution in [0.3, 0.4) is 0 Å². The third-order valence-electron chi connectivity index (χ3n) is 10.9. The van der Waals surface area contributed by atoms with Gasteiger partial charge in [-0.05, 0) is 88.9 Å². The Morgan fingerprint density at radius 2 is 1.78 bits per heavy atom. The molecular weight excluding hydrogens is 826 g/mol. The van der Waals surface area contributed by atoms with E-state index in [1.165, 1.54) is 50.6 Å². The van der Waals surface area contributed by atoms with Crippen molar-refractivity contribution in [2.45, 2.75) is 87.0 Å². The molecule has 5 heterocycles. The van der Waals surface area contributed by atoms with E-state index < -0.39 is 79.8 Å². The highest BCUT2D eigenvalue weighted by atomic mass is 35.5. The Balaban J connectivity index is 1.21.